The lowest BCUT2D eigenvalue weighted by atomic mass is 9.70. The zero-order chi connectivity index (χ0) is 31.5. The predicted molar refractivity (Wildman–Crippen MR) is 171 cm³/mol. The highest BCUT2D eigenvalue weighted by Crippen LogP contribution is 2.42. The molecule has 1 amide bonds. The molecule has 8 nitrogen and oxygen atoms in total. The number of nitrogens with zero attached hydrogens (tertiary/aromatic N) is 2. The van der Waals surface area contributed by atoms with E-state index < -0.39 is 12.1 Å². The Morgan fingerprint density at radius 2 is 1.93 bits per heavy atom. The topological polar surface area (TPSA) is 111 Å². The zero-order valence-electron chi connectivity index (χ0n) is 25.8. The van der Waals surface area contributed by atoms with Gasteiger partial charge in [0.1, 0.15) is 5.75 Å². The second-order valence-corrected chi connectivity index (χ2v) is 12.1. The first-order valence-corrected chi connectivity index (χ1v) is 15.6. The number of amides is 1. The number of anilines is 1. The van der Waals surface area contributed by atoms with Crippen molar-refractivity contribution in [2.24, 2.45) is 11.8 Å². The number of ether oxygens (including phenoxy) is 1. The monoisotopic (exact) mass is 614 g/mol. The largest absolute Gasteiger partial charge is 0.491 e. The number of fused-ring (bicyclic) bond motifs is 1. The minimum atomic E-state index is -0.833. The van der Waals surface area contributed by atoms with Gasteiger partial charge in [-0.1, -0.05) is 49.2 Å². The third kappa shape index (κ3) is 9.98. The first-order chi connectivity index (χ1) is 20.5. The molecule has 2 aromatic carbocycles. The van der Waals surface area contributed by atoms with E-state index in [1.165, 1.54) is 11.1 Å². The highest BCUT2D eigenvalue weighted by molar-refractivity contribution is 6.30. The molecule has 236 valence electrons. The number of carbonyl (C=O) groups is 2. The molecule has 0 bridgehead atoms. The van der Waals surface area contributed by atoms with Crippen molar-refractivity contribution in [3.05, 3.63) is 70.3 Å². The van der Waals surface area contributed by atoms with E-state index >= 15 is 0 Å². The van der Waals surface area contributed by atoms with E-state index in [4.69, 9.17) is 26.2 Å². The number of aliphatic hydroxyl groups excluding tert-OH is 2. The maximum atomic E-state index is 11.4. The van der Waals surface area contributed by atoms with Gasteiger partial charge >= 0.3 is 0 Å². The Labute approximate surface area is 260 Å². The molecule has 1 heterocycles. The summed E-state index contributed by atoms with van der Waals surface area (Å²) in [6, 6.07) is 12.2. The number of rotatable bonds is 11. The highest BCUT2D eigenvalue weighted by Gasteiger charge is 2.38. The fourth-order valence-electron chi connectivity index (χ4n) is 5.82. The number of carboxylic acid groups (broad SMARTS) is 1. The molecule has 2 aliphatic rings. The number of hydrogen-bond donors (Lipinski definition) is 3. The summed E-state index contributed by atoms with van der Waals surface area (Å²) in [5, 5.41) is 29.0. The van der Waals surface area contributed by atoms with E-state index in [-0.39, 0.29) is 24.3 Å². The molecule has 2 aromatic rings. The standard InChI is InChI=1S/C32H43ClN2O4.C2H4O2/c1-4-7-24-17-27(33)11-13-28(24)26-19-35(30-16-23(20-36)9-14-32(30)39-21-26)18-25-10-12-29(25)31(38)8-5-6-15-34(3)22(2)37;1-2(3)4/h5,8-9,11,13-14,16-17,25-26,29,31,36,38H,4,6-7,10,12,15,18-21H2,1-3H3;1H3,(H,3,4)/b8-5+;. The molecule has 0 saturated heterocycles. The Bertz CT molecular complexity index is 1250. The van der Waals surface area contributed by atoms with E-state index in [2.05, 4.69) is 24.0 Å². The van der Waals surface area contributed by atoms with Crippen molar-refractivity contribution in [2.45, 2.75) is 71.5 Å². The van der Waals surface area contributed by atoms with E-state index in [9.17, 15) is 15.0 Å². The molecule has 0 spiro atoms. The van der Waals surface area contributed by atoms with Gasteiger partial charge in [-0.3, -0.25) is 9.59 Å². The average Bonchev–Trinajstić information content (AvgIpc) is 3.12. The summed E-state index contributed by atoms with van der Waals surface area (Å²) in [4.78, 5) is 24.5. The quantitative estimate of drug-likeness (QED) is 0.280. The molecule has 4 unspecified atom stereocenters. The Morgan fingerprint density at radius 3 is 2.56 bits per heavy atom. The zero-order valence-corrected chi connectivity index (χ0v) is 26.6. The van der Waals surface area contributed by atoms with Crippen LogP contribution < -0.4 is 9.64 Å². The molecule has 1 aliphatic heterocycles. The van der Waals surface area contributed by atoms with Crippen molar-refractivity contribution in [1.82, 2.24) is 4.90 Å². The van der Waals surface area contributed by atoms with Gasteiger partial charge in [0.15, 0.2) is 0 Å². The lowest BCUT2D eigenvalue weighted by Crippen LogP contribution is -2.44. The minimum Gasteiger partial charge on any atom is -0.491 e. The lowest BCUT2D eigenvalue weighted by Gasteiger charge is -2.42. The molecule has 1 fully saturated rings. The van der Waals surface area contributed by atoms with Crippen LogP contribution in [0.3, 0.4) is 0 Å². The van der Waals surface area contributed by atoms with Crippen LogP contribution in [0.15, 0.2) is 48.6 Å². The molecule has 4 rings (SSSR count). The number of aryl methyl sites for hydroxylation is 1. The van der Waals surface area contributed by atoms with E-state index in [1.807, 2.05) is 36.4 Å². The molecular formula is C34H47ClN2O6. The lowest BCUT2D eigenvalue weighted by molar-refractivity contribution is -0.134. The maximum Gasteiger partial charge on any atom is 0.300 e. The van der Waals surface area contributed by atoms with Gasteiger partial charge in [0, 0.05) is 51.5 Å². The van der Waals surface area contributed by atoms with Crippen molar-refractivity contribution >= 4 is 29.2 Å². The summed E-state index contributed by atoms with van der Waals surface area (Å²) in [7, 11) is 1.79. The Hall–Kier alpha value is -3.07. The van der Waals surface area contributed by atoms with Gasteiger partial charge < -0.3 is 29.9 Å². The normalized spacial score (nSPS) is 20.2. The molecule has 4 atom stereocenters. The SMILES string of the molecule is CC(=O)O.CCCc1cc(Cl)ccc1C1COc2ccc(CO)cc2N(CC2CCC2C(O)/C=C/CCN(C)C(C)=O)C1. The van der Waals surface area contributed by atoms with Crippen LogP contribution in [0.1, 0.15) is 69.1 Å². The number of hydrogen-bond acceptors (Lipinski definition) is 6. The molecule has 1 saturated carbocycles. The predicted octanol–water partition coefficient (Wildman–Crippen LogP) is 5.67. The highest BCUT2D eigenvalue weighted by atomic mass is 35.5. The second kappa shape index (κ2) is 16.7. The molecule has 0 radical (unpaired) electrons. The van der Waals surface area contributed by atoms with Gasteiger partial charge in [-0.25, -0.2) is 0 Å². The minimum absolute atomic E-state index is 0.0171. The molecule has 0 aromatic heterocycles. The van der Waals surface area contributed by atoms with Crippen LogP contribution in [0.4, 0.5) is 5.69 Å². The van der Waals surface area contributed by atoms with Gasteiger partial charge in [0.05, 0.1) is 25.0 Å². The number of benzene rings is 2. The van der Waals surface area contributed by atoms with Gasteiger partial charge in [0.2, 0.25) is 5.91 Å². The summed E-state index contributed by atoms with van der Waals surface area (Å²) >= 11 is 6.36. The Balaban J connectivity index is 0.00000119. The van der Waals surface area contributed by atoms with Crippen LogP contribution in [0.5, 0.6) is 5.75 Å². The van der Waals surface area contributed by atoms with E-state index in [0.717, 1.165) is 74.1 Å². The van der Waals surface area contributed by atoms with Crippen molar-refractivity contribution in [2.75, 3.05) is 38.2 Å². The van der Waals surface area contributed by atoms with E-state index in [0.29, 0.717) is 19.1 Å². The van der Waals surface area contributed by atoms with Crippen LogP contribution >= 0.6 is 11.6 Å². The van der Waals surface area contributed by atoms with Crippen molar-refractivity contribution in [1.29, 1.82) is 0 Å². The van der Waals surface area contributed by atoms with Crippen LogP contribution in [-0.2, 0) is 22.6 Å². The third-order valence-corrected chi connectivity index (χ3v) is 8.60. The Kier molecular flexibility index (Phi) is 13.4. The first-order valence-electron chi connectivity index (χ1n) is 15.2. The summed E-state index contributed by atoms with van der Waals surface area (Å²) in [5.41, 5.74) is 4.43. The van der Waals surface area contributed by atoms with Gasteiger partial charge in [-0.2, -0.15) is 0 Å². The summed E-state index contributed by atoms with van der Waals surface area (Å²) in [6.07, 6.45) is 8.22. The van der Waals surface area contributed by atoms with Crippen molar-refractivity contribution in [3.63, 3.8) is 0 Å². The molecule has 43 heavy (non-hydrogen) atoms. The van der Waals surface area contributed by atoms with Crippen molar-refractivity contribution in [3.8, 4) is 5.75 Å². The number of aliphatic carboxylic acids is 1. The molecular weight excluding hydrogens is 568 g/mol. The Morgan fingerprint density at radius 1 is 1.19 bits per heavy atom. The fourth-order valence-corrected chi connectivity index (χ4v) is 6.01. The van der Waals surface area contributed by atoms with Crippen LogP contribution in [0.25, 0.3) is 0 Å². The maximum absolute atomic E-state index is 11.4. The van der Waals surface area contributed by atoms with E-state index in [1.54, 1.807) is 18.9 Å². The third-order valence-electron chi connectivity index (χ3n) is 8.36. The van der Waals surface area contributed by atoms with Crippen LogP contribution in [0.2, 0.25) is 5.02 Å². The number of aliphatic hydroxyl groups is 2. The first kappa shape index (κ1) is 34.4. The number of halogens is 1. The van der Waals surface area contributed by atoms with Crippen LogP contribution in [-0.4, -0.2) is 71.5 Å². The summed E-state index contributed by atoms with van der Waals surface area (Å²) in [5.74, 6) is 0.786. The smallest absolute Gasteiger partial charge is 0.300 e. The van der Waals surface area contributed by atoms with Gasteiger partial charge in [0.25, 0.3) is 5.97 Å². The molecule has 1 aliphatic carbocycles. The van der Waals surface area contributed by atoms with Gasteiger partial charge in [-0.15, -0.1) is 0 Å². The molecule has 9 heteroatoms. The summed E-state index contributed by atoms with van der Waals surface area (Å²) in [6.45, 7) is 7.66. The average molecular weight is 615 g/mol. The summed E-state index contributed by atoms with van der Waals surface area (Å²) < 4.78 is 6.37. The number of carboxylic acids is 1. The second-order valence-electron chi connectivity index (χ2n) is 11.6. The fraction of sp³-hybridized carbons (Fsp3) is 0.529. The number of carbonyl (C=O) groups excluding carboxylic acids is 1. The van der Waals surface area contributed by atoms with Gasteiger partial charge in [-0.05, 0) is 78.5 Å². The van der Waals surface area contributed by atoms with Crippen LogP contribution in [0, 0.1) is 11.8 Å². The van der Waals surface area contributed by atoms with Crippen molar-refractivity contribution < 1.29 is 29.6 Å². The molecule has 3 N–H and O–H groups in total.